The quantitative estimate of drug-likeness (QED) is 0.503. The summed E-state index contributed by atoms with van der Waals surface area (Å²) in [6.07, 6.45) is 8.11. The lowest BCUT2D eigenvalue weighted by molar-refractivity contribution is 0.333. The average Bonchev–Trinajstić information content (AvgIpc) is 2.55. The van der Waals surface area contributed by atoms with Crippen molar-refractivity contribution < 1.29 is 0 Å². The second kappa shape index (κ2) is 6.15. The zero-order valence-corrected chi connectivity index (χ0v) is 11.8. The predicted molar refractivity (Wildman–Crippen MR) is 73.3 cm³/mol. The van der Waals surface area contributed by atoms with Crippen LogP contribution in [0, 0.1) is 5.92 Å². The summed E-state index contributed by atoms with van der Waals surface area (Å²) in [6.45, 7) is 0. The first-order valence-corrected chi connectivity index (χ1v) is 7.68. The van der Waals surface area contributed by atoms with E-state index in [2.05, 4.69) is 32.8 Å². The van der Waals surface area contributed by atoms with E-state index >= 15 is 0 Å². The van der Waals surface area contributed by atoms with Gasteiger partial charge in [0.05, 0.1) is 6.04 Å². The van der Waals surface area contributed by atoms with Gasteiger partial charge in [0.15, 0.2) is 0 Å². The van der Waals surface area contributed by atoms with Crippen molar-refractivity contribution in [2.24, 2.45) is 11.8 Å². The van der Waals surface area contributed by atoms with E-state index in [1.807, 2.05) is 0 Å². The third kappa shape index (κ3) is 3.06. The molecule has 0 amide bonds. The molecular formula is C12H19BrN2S. The van der Waals surface area contributed by atoms with E-state index < -0.39 is 0 Å². The van der Waals surface area contributed by atoms with E-state index in [9.17, 15) is 0 Å². The third-order valence-corrected chi connectivity index (χ3v) is 5.22. The van der Waals surface area contributed by atoms with Crippen molar-refractivity contribution in [3.8, 4) is 0 Å². The van der Waals surface area contributed by atoms with E-state index in [-0.39, 0.29) is 0 Å². The van der Waals surface area contributed by atoms with Gasteiger partial charge in [0.25, 0.3) is 0 Å². The Morgan fingerprint density at radius 3 is 2.50 bits per heavy atom. The van der Waals surface area contributed by atoms with Crippen LogP contribution in [0.2, 0.25) is 0 Å². The molecule has 1 aliphatic rings. The fourth-order valence-electron chi connectivity index (χ4n) is 2.59. The highest BCUT2D eigenvalue weighted by atomic mass is 79.9. The minimum absolute atomic E-state index is 0.342. The minimum Gasteiger partial charge on any atom is -0.271 e. The molecule has 2 nitrogen and oxygen atoms in total. The summed E-state index contributed by atoms with van der Waals surface area (Å²) in [5.74, 6) is 6.44. The average molecular weight is 303 g/mol. The molecule has 4 heteroatoms. The van der Waals surface area contributed by atoms with Crippen LogP contribution in [0.15, 0.2) is 15.9 Å². The van der Waals surface area contributed by atoms with E-state index in [0.717, 1.165) is 0 Å². The summed E-state index contributed by atoms with van der Waals surface area (Å²) in [4.78, 5) is 1.36. The fraction of sp³-hybridized carbons (Fsp3) is 0.667. The van der Waals surface area contributed by atoms with Gasteiger partial charge in [-0.25, -0.2) is 0 Å². The number of hydrogen-bond donors (Lipinski definition) is 2. The molecule has 1 aliphatic carbocycles. The lowest BCUT2D eigenvalue weighted by Gasteiger charge is -2.24. The Hall–Kier alpha value is 0.1000. The van der Waals surface area contributed by atoms with Crippen LogP contribution in [-0.2, 0) is 0 Å². The monoisotopic (exact) mass is 302 g/mol. The molecule has 16 heavy (non-hydrogen) atoms. The van der Waals surface area contributed by atoms with Crippen LogP contribution in [0.25, 0.3) is 0 Å². The van der Waals surface area contributed by atoms with Crippen LogP contribution in [0.3, 0.4) is 0 Å². The highest BCUT2D eigenvalue weighted by Gasteiger charge is 2.24. The summed E-state index contributed by atoms with van der Waals surface area (Å²) in [5.41, 5.74) is 3.02. The van der Waals surface area contributed by atoms with Crippen molar-refractivity contribution in [3.63, 3.8) is 0 Å². The molecule has 0 radical (unpaired) electrons. The number of rotatable bonds is 3. The van der Waals surface area contributed by atoms with E-state index in [0.29, 0.717) is 12.0 Å². The first kappa shape index (κ1) is 12.6. The molecular weight excluding hydrogens is 284 g/mol. The Morgan fingerprint density at radius 2 is 2.00 bits per heavy atom. The molecule has 0 bridgehead atoms. The van der Waals surface area contributed by atoms with Crippen molar-refractivity contribution in [2.75, 3.05) is 0 Å². The van der Waals surface area contributed by atoms with Crippen molar-refractivity contribution >= 4 is 27.3 Å². The Bertz CT molecular complexity index is 319. The molecule has 1 aromatic rings. The minimum atomic E-state index is 0.342. The van der Waals surface area contributed by atoms with Gasteiger partial charge in [0.2, 0.25) is 0 Å². The summed E-state index contributed by atoms with van der Waals surface area (Å²) in [7, 11) is 0. The van der Waals surface area contributed by atoms with Gasteiger partial charge in [-0.3, -0.25) is 11.3 Å². The largest absolute Gasteiger partial charge is 0.271 e. The SMILES string of the molecule is NNC(c1cc(Br)cs1)C1CCCCCC1. The first-order chi connectivity index (χ1) is 7.81. The standard InChI is InChI=1S/C12H19BrN2S/c13-10-7-11(16-8-10)12(15-14)9-5-3-1-2-4-6-9/h7-9,12,15H,1-6,14H2. The van der Waals surface area contributed by atoms with Gasteiger partial charge in [-0.15, -0.1) is 11.3 Å². The van der Waals surface area contributed by atoms with Gasteiger partial charge in [0, 0.05) is 14.7 Å². The maximum atomic E-state index is 5.74. The Labute approximate surface area is 110 Å². The highest BCUT2D eigenvalue weighted by Crippen LogP contribution is 2.36. The molecule has 0 aromatic carbocycles. The van der Waals surface area contributed by atoms with Gasteiger partial charge in [-0.2, -0.15) is 0 Å². The Morgan fingerprint density at radius 1 is 1.31 bits per heavy atom. The zero-order chi connectivity index (χ0) is 11.4. The fourth-order valence-corrected chi connectivity index (χ4v) is 4.18. The van der Waals surface area contributed by atoms with Crippen LogP contribution in [0.1, 0.15) is 49.4 Å². The number of hydrazine groups is 1. The molecule has 1 heterocycles. The topological polar surface area (TPSA) is 38.0 Å². The number of thiophene rings is 1. The molecule has 2 rings (SSSR count). The maximum absolute atomic E-state index is 5.74. The first-order valence-electron chi connectivity index (χ1n) is 6.01. The van der Waals surface area contributed by atoms with E-state index in [1.165, 1.54) is 47.9 Å². The van der Waals surface area contributed by atoms with Crippen LogP contribution < -0.4 is 11.3 Å². The summed E-state index contributed by atoms with van der Waals surface area (Å²) < 4.78 is 1.17. The molecule has 1 aromatic heterocycles. The summed E-state index contributed by atoms with van der Waals surface area (Å²) in [6, 6.07) is 2.54. The lowest BCUT2D eigenvalue weighted by atomic mass is 9.91. The maximum Gasteiger partial charge on any atom is 0.0581 e. The van der Waals surface area contributed by atoms with Crippen LogP contribution in [0.4, 0.5) is 0 Å². The van der Waals surface area contributed by atoms with Crippen molar-refractivity contribution in [1.82, 2.24) is 5.43 Å². The molecule has 1 saturated carbocycles. The Kier molecular flexibility index (Phi) is 4.82. The number of nitrogens with two attached hydrogens (primary N) is 1. The van der Waals surface area contributed by atoms with Crippen LogP contribution >= 0.6 is 27.3 Å². The third-order valence-electron chi connectivity index (χ3n) is 3.45. The molecule has 1 atom stereocenters. The predicted octanol–water partition coefficient (Wildman–Crippen LogP) is 3.99. The number of hydrogen-bond acceptors (Lipinski definition) is 3. The molecule has 1 fully saturated rings. The second-order valence-electron chi connectivity index (χ2n) is 4.56. The van der Waals surface area contributed by atoms with E-state index in [4.69, 9.17) is 5.84 Å². The zero-order valence-electron chi connectivity index (χ0n) is 9.42. The number of halogens is 1. The van der Waals surface area contributed by atoms with Crippen LogP contribution in [-0.4, -0.2) is 0 Å². The summed E-state index contributed by atoms with van der Waals surface area (Å²) in [5, 5.41) is 2.14. The molecule has 0 aliphatic heterocycles. The molecule has 1 unspecified atom stereocenters. The van der Waals surface area contributed by atoms with E-state index in [1.54, 1.807) is 11.3 Å². The number of nitrogens with one attached hydrogen (secondary N) is 1. The van der Waals surface area contributed by atoms with Gasteiger partial charge >= 0.3 is 0 Å². The van der Waals surface area contributed by atoms with Crippen molar-refractivity contribution in [3.05, 3.63) is 20.8 Å². The molecule has 0 saturated heterocycles. The van der Waals surface area contributed by atoms with Gasteiger partial charge in [-0.1, -0.05) is 25.7 Å². The normalized spacial score (nSPS) is 20.6. The molecule has 3 N–H and O–H groups in total. The Balaban J connectivity index is 2.08. The van der Waals surface area contributed by atoms with Gasteiger partial charge < -0.3 is 0 Å². The van der Waals surface area contributed by atoms with Crippen LogP contribution in [0.5, 0.6) is 0 Å². The highest BCUT2D eigenvalue weighted by molar-refractivity contribution is 9.10. The van der Waals surface area contributed by atoms with Crippen molar-refractivity contribution in [2.45, 2.75) is 44.6 Å². The lowest BCUT2D eigenvalue weighted by Crippen LogP contribution is -2.33. The van der Waals surface area contributed by atoms with Gasteiger partial charge in [0.1, 0.15) is 0 Å². The smallest absolute Gasteiger partial charge is 0.0581 e. The van der Waals surface area contributed by atoms with Crippen molar-refractivity contribution in [1.29, 1.82) is 0 Å². The molecule has 90 valence electrons. The molecule has 0 spiro atoms. The summed E-state index contributed by atoms with van der Waals surface area (Å²) >= 11 is 5.30. The van der Waals surface area contributed by atoms with Gasteiger partial charge in [-0.05, 0) is 40.8 Å². The second-order valence-corrected chi connectivity index (χ2v) is 6.42.